The third kappa shape index (κ3) is 4.02. The van der Waals surface area contributed by atoms with Crippen molar-refractivity contribution >= 4 is 16.9 Å². The van der Waals surface area contributed by atoms with E-state index in [2.05, 4.69) is 48.2 Å². The molecule has 1 amide bonds. The number of H-pyrrole nitrogens is 1. The summed E-state index contributed by atoms with van der Waals surface area (Å²) in [6.07, 6.45) is 0.751. The summed E-state index contributed by atoms with van der Waals surface area (Å²) < 4.78 is 0. The molecule has 3 aromatic rings. The quantitative estimate of drug-likeness (QED) is 0.765. The van der Waals surface area contributed by atoms with E-state index in [4.69, 9.17) is 0 Å². The van der Waals surface area contributed by atoms with Crippen LogP contribution in [0.1, 0.15) is 42.5 Å². The highest BCUT2D eigenvalue weighted by molar-refractivity contribution is 5.97. The number of imidazole rings is 1. The van der Waals surface area contributed by atoms with E-state index in [1.807, 2.05) is 36.4 Å². The minimum Gasteiger partial charge on any atom is -0.352 e. The number of fused-ring (bicyclic) bond motifs is 1. The van der Waals surface area contributed by atoms with Crippen molar-refractivity contribution in [2.75, 3.05) is 6.54 Å². The molecule has 0 aliphatic heterocycles. The number of carbonyl (C=O) groups is 1. The zero-order valence-electron chi connectivity index (χ0n) is 14.4. The van der Waals surface area contributed by atoms with Crippen molar-refractivity contribution in [3.8, 4) is 0 Å². The van der Waals surface area contributed by atoms with Gasteiger partial charge in [-0.2, -0.15) is 0 Å². The summed E-state index contributed by atoms with van der Waals surface area (Å²) in [4.78, 5) is 20.2. The molecule has 24 heavy (non-hydrogen) atoms. The van der Waals surface area contributed by atoms with Gasteiger partial charge in [-0.25, -0.2) is 4.98 Å². The van der Waals surface area contributed by atoms with Gasteiger partial charge in [-0.15, -0.1) is 0 Å². The Morgan fingerprint density at radius 2 is 1.88 bits per heavy atom. The Labute approximate surface area is 142 Å². The predicted octanol–water partition coefficient (Wildman–Crippen LogP) is 3.93. The van der Waals surface area contributed by atoms with Gasteiger partial charge in [0.2, 0.25) is 0 Å². The Morgan fingerprint density at radius 1 is 1.12 bits per heavy atom. The monoisotopic (exact) mass is 321 g/mol. The molecule has 0 saturated heterocycles. The number of nitrogens with one attached hydrogen (secondary N) is 2. The molecule has 0 aliphatic carbocycles. The molecule has 1 aromatic heterocycles. The van der Waals surface area contributed by atoms with Crippen LogP contribution in [-0.4, -0.2) is 22.4 Å². The fourth-order valence-electron chi connectivity index (χ4n) is 2.52. The molecular formula is C20H23N3O. The molecule has 0 radical (unpaired) electrons. The molecule has 0 fully saturated rings. The lowest BCUT2D eigenvalue weighted by atomic mass is 9.97. The van der Waals surface area contributed by atoms with Gasteiger partial charge in [-0.1, -0.05) is 51.1 Å². The van der Waals surface area contributed by atoms with E-state index in [1.165, 1.54) is 5.56 Å². The number of nitrogens with zero attached hydrogens (tertiary/aromatic N) is 1. The van der Waals surface area contributed by atoms with Gasteiger partial charge in [-0.3, -0.25) is 4.79 Å². The minimum absolute atomic E-state index is 0.0561. The maximum Gasteiger partial charge on any atom is 0.251 e. The Bertz CT molecular complexity index is 844. The fraction of sp³-hybridized carbons (Fsp3) is 0.300. The van der Waals surface area contributed by atoms with Gasteiger partial charge in [0.1, 0.15) is 5.82 Å². The lowest BCUT2D eigenvalue weighted by Crippen LogP contribution is -2.32. The average molecular weight is 321 g/mol. The lowest BCUT2D eigenvalue weighted by Gasteiger charge is -2.18. The zero-order chi connectivity index (χ0) is 17.2. The Hall–Kier alpha value is -2.62. The van der Waals surface area contributed by atoms with Crippen LogP contribution in [0.4, 0.5) is 0 Å². The normalized spacial score (nSPS) is 11.6. The van der Waals surface area contributed by atoms with Crippen molar-refractivity contribution in [1.82, 2.24) is 15.3 Å². The van der Waals surface area contributed by atoms with Crippen LogP contribution in [0.15, 0.2) is 48.5 Å². The summed E-state index contributed by atoms with van der Waals surface area (Å²) in [5, 5.41) is 2.97. The molecule has 0 aliphatic rings. The smallest absolute Gasteiger partial charge is 0.251 e. The summed E-state index contributed by atoms with van der Waals surface area (Å²) in [7, 11) is 0. The molecule has 0 saturated carbocycles. The highest BCUT2D eigenvalue weighted by Crippen LogP contribution is 2.17. The molecule has 0 bridgehead atoms. The second-order valence-electron chi connectivity index (χ2n) is 7.32. The van der Waals surface area contributed by atoms with Crippen molar-refractivity contribution in [3.63, 3.8) is 0 Å². The van der Waals surface area contributed by atoms with Gasteiger partial charge in [-0.05, 0) is 29.2 Å². The molecule has 0 unspecified atom stereocenters. The maximum atomic E-state index is 12.3. The average Bonchev–Trinajstić information content (AvgIpc) is 2.94. The van der Waals surface area contributed by atoms with Crippen LogP contribution >= 0.6 is 0 Å². The van der Waals surface area contributed by atoms with Crippen molar-refractivity contribution in [1.29, 1.82) is 0 Å². The molecule has 2 N–H and O–H groups in total. The number of amides is 1. The van der Waals surface area contributed by atoms with Gasteiger partial charge in [0.05, 0.1) is 11.0 Å². The Kier molecular flexibility index (Phi) is 4.38. The largest absolute Gasteiger partial charge is 0.352 e. The predicted molar refractivity (Wildman–Crippen MR) is 97.1 cm³/mol. The minimum atomic E-state index is -0.0561. The van der Waals surface area contributed by atoms with Crippen molar-refractivity contribution in [2.45, 2.75) is 27.2 Å². The van der Waals surface area contributed by atoms with Crippen molar-refractivity contribution in [2.24, 2.45) is 5.41 Å². The molecule has 4 heteroatoms. The summed E-state index contributed by atoms with van der Waals surface area (Å²) in [5.41, 5.74) is 3.69. The second kappa shape index (κ2) is 6.48. The first-order valence-corrected chi connectivity index (χ1v) is 8.21. The molecule has 3 rings (SSSR count). The van der Waals surface area contributed by atoms with Crippen LogP contribution in [0, 0.1) is 5.41 Å². The van der Waals surface area contributed by atoms with E-state index in [-0.39, 0.29) is 11.3 Å². The number of aromatic nitrogens is 2. The number of aromatic amines is 1. The molecule has 2 aromatic carbocycles. The number of hydrogen-bond acceptors (Lipinski definition) is 2. The Morgan fingerprint density at radius 3 is 2.58 bits per heavy atom. The van der Waals surface area contributed by atoms with E-state index in [0.717, 1.165) is 23.3 Å². The first kappa shape index (κ1) is 16.2. The number of carbonyl (C=O) groups excluding carboxylic acids is 1. The SMILES string of the molecule is CC(C)(C)CNC(=O)c1ccc2[nH]c(Cc3ccccc3)nc2c1. The lowest BCUT2D eigenvalue weighted by molar-refractivity contribution is 0.0939. The number of rotatable bonds is 4. The Balaban J connectivity index is 1.77. The highest BCUT2D eigenvalue weighted by atomic mass is 16.1. The number of benzene rings is 2. The van der Waals surface area contributed by atoms with Crippen LogP contribution in [0.25, 0.3) is 11.0 Å². The molecule has 1 heterocycles. The van der Waals surface area contributed by atoms with E-state index >= 15 is 0 Å². The van der Waals surface area contributed by atoms with Crippen molar-refractivity contribution in [3.05, 3.63) is 65.5 Å². The zero-order valence-corrected chi connectivity index (χ0v) is 14.4. The van der Waals surface area contributed by atoms with Crippen molar-refractivity contribution < 1.29 is 4.79 Å². The van der Waals surface area contributed by atoms with Crippen LogP contribution < -0.4 is 5.32 Å². The van der Waals surface area contributed by atoms with E-state index < -0.39 is 0 Å². The van der Waals surface area contributed by atoms with Crippen LogP contribution in [0.2, 0.25) is 0 Å². The summed E-state index contributed by atoms with van der Waals surface area (Å²) in [6.45, 7) is 6.93. The van der Waals surface area contributed by atoms with Gasteiger partial charge >= 0.3 is 0 Å². The number of hydrogen-bond donors (Lipinski definition) is 2. The third-order valence-corrected chi connectivity index (χ3v) is 3.79. The summed E-state index contributed by atoms with van der Waals surface area (Å²) in [5.74, 6) is 0.850. The van der Waals surface area contributed by atoms with Gasteiger partial charge in [0, 0.05) is 18.5 Å². The van der Waals surface area contributed by atoms with E-state index in [1.54, 1.807) is 0 Å². The van der Waals surface area contributed by atoms with Gasteiger partial charge in [0.25, 0.3) is 5.91 Å². The second-order valence-corrected chi connectivity index (χ2v) is 7.32. The summed E-state index contributed by atoms with van der Waals surface area (Å²) in [6, 6.07) is 15.8. The molecule has 124 valence electrons. The first-order chi connectivity index (χ1) is 11.4. The molecule has 0 spiro atoms. The van der Waals surface area contributed by atoms with E-state index in [0.29, 0.717) is 12.1 Å². The van der Waals surface area contributed by atoms with E-state index in [9.17, 15) is 4.79 Å². The molecular weight excluding hydrogens is 298 g/mol. The van der Waals surface area contributed by atoms with Crippen LogP contribution in [-0.2, 0) is 6.42 Å². The first-order valence-electron chi connectivity index (χ1n) is 8.21. The standard InChI is InChI=1S/C20H23N3O/c1-20(2,3)13-21-19(24)15-9-10-16-17(12-15)23-18(22-16)11-14-7-5-4-6-8-14/h4-10,12H,11,13H2,1-3H3,(H,21,24)(H,22,23). The topological polar surface area (TPSA) is 57.8 Å². The van der Waals surface area contributed by atoms with Crippen LogP contribution in [0.5, 0.6) is 0 Å². The van der Waals surface area contributed by atoms with Crippen LogP contribution in [0.3, 0.4) is 0 Å². The molecule has 4 nitrogen and oxygen atoms in total. The van der Waals surface area contributed by atoms with Gasteiger partial charge < -0.3 is 10.3 Å². The highest BCUT2D eigenvalue weighted by Gasteiger charge is 2.14. The maximum absolute atomic E-state index is 12.3. The summed E-state index contributed by atoms with van der Waals surface area (Å²) >= 11 is 0. The fourth-order valence-corrected chi connectivity index (χ4v) is 2.52. The third-order valence-electron chi connectivity index (χ3n) is 3.79. The van der Waals surface area contributed by atoms with Gasteiger partial charge in [0.15, 0.2) is 0 Å². The molecule has 0 atom stereocenters.